The number of aryl methyl sites for hydroxylation is 1. The second-order valence-electron chi connectivity index (χ2n) is 5.17. The number of hydrogen-bond donors (Lipinski definition) is 2. The van der Waals surface area contributed by atoms with Crippen LogP contribution in [-0.2, 0) is 6.42 Å². The Hall–Kier alpha value is -3.28. The van der Waals surface area contributed by atoms with Crippen molar-refractivity contribution in [3.63, 3.8) is 0 Å². The summed E-state index contributed by atoms with van der Waals surface area (Å²) in [6.45, 7) is 2.11. The number of aromatic nitrogens is 3. The Morgan fingerprint density at radius 3 is 2.79 bits per heavy atom. The van der Waals surface area contributed by atoms with Crippen molar-refractivity contribution in [2.24, 2.45) is 5.10 Å². The molecule has 1 aromatic carbocycles. The molecule has 6 heteroatoms. The molecule has 2 N–H and O–H groups in total. The Balaban J connectivity index is 1.66. The zero-order valence-corrected chi connectivity index (χ0v) is 13.2. The van der Waals surface area contributed by atoms with E-state index >= 15 is 0 Å². The normalized spacial score (nSPS) is 10.9. The first-order valence-corrected chi connectivity index (χ1v) is 7.65. The lowest BCUT2D eigenvalue weighted by Crippen LogP contribution is -2.18. The van der Waals surface area contributed by atoms with E-state index in [1.807, 2.05) is 24.3 Å². The van der Waals surface area contributed by atoms with Gasteiger partial charge >= 0.3 is 0 Å². The number of benzene rings is 1. The molecule has 3 rings (SSSR count). The Kier molecular flexibility index (Phi) is 4.76. The van der Waals surface area contributed by atoms with Crippen molar-refractivity contribution in [1.29, 1.82) is 0 Å². The van der Waals surface area contributed by atoms with Gasteiger partial charge in [-0.25, -0.2) is 5.43 Å². The third-order valence-electron chi connectivity index (χ3n) is 3.53. The van der Waals surface area contributed by atoms with Crippen molar-refractivity contribution in [1.82, 2.24) is 20.6 Å². The summed E-state index contributed by atoms with van der Waals surface area (Å²) < 4.78 is 0. The number of nitrogens with one attached hydrogen (secondary N) is 2. The van der Waals surface area contributed by atoms with Crippen LogP contribution < -0.4 is 5.43 Å². The number of pyridine rings is 1. The summed E-state index contributed by atoms with van der Waals surface area (Å²) in [6, 6.07) is 15.3. The topological polar surface area (TPSA) is 83.0 Å². The van der Waals surface area contributed by atoms with E-state index in [0.29, 0.717) is 11.4 Å². The third kappa shape index (κ3) is 3.73. The Morgan fingerprint density at radius 2 is 2.08 bits per heavy atom. The number of hydrogen-bond acceptors (Lipinski definition) is 4. The number of nitrogens with zero attached hydrogens (tertiary/aromatic N) is 3. The van der Waals surface area contributed by atoms with E-state index in [1.54, 1.807) is 18.3 Å². The van der Waals surface area contributed by atoms with Gasteiger partial charge < -0.3 is 0 Å². The van der Waals surface area contributed by atoms with Gasteiger partial charge in [0.1, 0.15) is 5.69 Å². The summed E-state index contributed by atoms with van der Waals surface area (Å²) in [4.78, 5) is 16.1. The van der Waals surface area contributed by atoms with Gasteiger partial charge in [-0.15, -0.1) is 0 Å². The minimum atomic E-state index is -0.355. The van der Waals surface area contributed by atoms with Gasteiger partial charge in [0.25, 0.3) is 5.91 Å². The maximum absolute atomic E-state index is 12.1. The maximum Gasteiger partial charge on any atom is 0.289 e. The summed E-state index contributed by atoms with van der Waals surface area (Å²) in [7, 11) is 0. The number of amides is 1. The first-order valence-electron chi connectivity index (χ1n) is 7.65. The van der Waals surface area contributed by atoms with Crippen molar-refractivity contribution in [3.05, 3.63) is 71.7 Å². The lowest BCUT2D eigenvalue weighted by molar-refractivity contribution is 0.0950. The van der Waals surface area contributed by atoms with E-state index in [9.17, 15) is 4.79 Å². The minimum Gasteiger partial charge on any atom is -0.272 e. The predicted molar refractivity (Wildman–Crippen MR) is 92.7 cm³/mol. The van der Waals surface area contributed by atoms with E-state index in [2.05, 4.69) is 44.8 Å². The molecule has 2 aromatic heterocycles. The number of carbonyl (C=O) groups is 1. The van der Waals surface area contributed by atoms with Gasteiger partial charge in [0.2, 0.25) is 0 Å². The maximum atomic E-state index is 12.1. The quantitative estimate of drug-likeness (QED) is 0.560. The molecule has 24 heavy (non-hydrogen) atoms. The fourth-order valence-corrected chi connectivity index (χ4v) is 2.17. The van der Waals surface area contributed by atoms with Crippen LogP contribution in [0.1, 0.15) is 28.7 Å². The van der Waals surface area contributed by atoms with Gasteiger partial charge in [0.05, 0.1) is 17.6 Å². The van der Waals surface area contributed by atoms with Crippen LogP contribution in [0.15, 0.2) is 59.8 Å². The van der Waals surface area contributed by atoms with Crippen LogP contribution in [0.2, 0.25) is 0 Å². The fraction of sp³-hybridized carbons (Fsp3) is 0.111. The Bertz CT molecular complexity index is 837. The fourth-order valence-electron chi connectivity index (χ4n) is 2.17. The molecule has 6 nitrogen and oxygen atoms in total. The highest BCUT2D eigenvalue weighted by Gasteiger charge is 2.10. The number of rotatable bonds is 5. The average molecular weight is 319 g/mol. The Labute approximate surface area is 139 Å². The molecule has 0 unspecified atom stereocenters. The molecule has 0 bridgehead atoms. The summed E-state index contributed by atoms with van der Waals surface area (Å²) in [6.07, 6.45) is 4.13. The molecular formula is C18H17N5O. The van der Waals surface area contributed by atoms with Crippen LogP contribution in [0.5, 0.6) is 0 Å². The molecule has 1 amide bonds. The minimum absolute atomic E-state index is 0.350. The molecule has 120 valence electrons. The van der Waals surface area contributed by atoms with Crippen LogP contribution >= 0.6 is 0 Å². The third-order valence-corrected chi connectivity index (χ3v) is 3.53. The zero-order chi connectivity index (χ0) is 16.8. The van der Waals surface area contributed by atoms with Crippen LogP contribution in [0.3, 0.4) is 0 Å². The van der Waals surface area contributed by atoms with E-state index in [0.717, 1.165) is 17.7 Å². The SMILES string of the molecule is CCc1ccc(-c2cc(C(=O)NN=Cc3ccccn3)[nH]n2)cc1. The molecule has 0 spiro atoms. The first kappa shape index (κ1) is 15.6. The average Bonchev–Trinajstić information content (AvgIpc) is 3.13. The number of carbonyl (C=O) groups excluding carboxylic acids is 1. The van der Waals surface area contributed by atoms with Crippen LogP contribution in [0, 0.1) is 0 Å². The monoisotopic (exact) mass is 319 g/mol. The van der Waals surface area contributed by atoms with Gasteiger partial charge in [-0.05, 0) is 30.2 Å². The molecule has 0 radical (unpaired) electrons. The molecule has 0 aliphatic rings. The molecule has 0 aliphatic carbocycles. The molecule has 0 saturated carbocycles. The smallest absolute Gasteiger partial charge is 0.272 e. The molecule has 0 saturated heterocycles. The molecule has 3 aromatic rings. The number of H-pyrrole nitrogens is 1. The van der Waals surface area contributed by atoms with Crippen LogP contribution in [0.25, 0.3) is 11.3 Å². The first-order chi connectivity index (χ1) is 11.8. The second kappa shape index (κ2) is 7.32. The molecular weight excluding hydrogens is 302 g/mol. The summed E-state index contributed by atoms with van der Waals surface area (Å²) in [5, 5.41) is 10.8. The molecule has 0 aliphatic heterocycles. The van der Waals surface area contributed by atoms with Crippen molar-refractivity contribution in [3.8, 4) is 11.3 Å². The van der Waals surface area contributed by atoms with Crippen molar-refractivity contribution >= 4 is 12.1 Å². The molecule has 0 fully saturated rings. The van der Waals surface area contributed by atoms with Crippen LogP contribution in [-0.4, -0.2) is 27.3 Å². The van der Waals surface area contributed by atoms with E-state index in [4.69, 9.17) is 0 Å². The van der Waals surface area contributed by atoms with E-state index in [1.165, 1.54) is 11.8 Å². The second-order valence-corrected chi connectivity index (χ2v) is 5.17. The lowest BCUT2D eigenvalue weighted by atomic mass is 10.1. The van der Waals surface area contributed by atoms with E-state index < -0.39 is 0 Å². The van der Waals surface area contributed by atoms with Gasteiger partial charge in [-0.1, -0.05) is 37.3 Å². The number of aromatic amines is 1. The lowest BCUT2D eigenvalue weighted by Gasteiger charge is -1.98. The number of hydrazone groups is 1. The molecule has 2 heterocycles. The highest BCUT2D eigenvalue weighted by Crippen LogP contribution is 2.18. The zero-order valence-electron chi connectivity index (χ0n) is 13.2. The predicted octanol–water partition coefficient (Wildman–Crippen LogP) is 2.80. The van der Waals surface area contributed by atoms with Crippen molar-refractivity contribution in [2.75, 3.05) is 0 Å². The van der Waals surface area contributed by atoms with Gasteiger partial charge in [0, 0.05) is 11.8 Å². The highest BCUT2D eigenvalue weighted by atomic mass is 16.2. The highest BCUT2D eigenvalue weighted by molar-refractivity contribution is 5.93. The summed E-state index contributed by atoms with van der Waals surface area (Å²) in [5.74, 6) is -0.355. The summed E-state index contributed by atoms with van der Waals surface area (Å²) in [5.41, 5.74) is 6.40. The van der Waals surface area contributed by atoms with Crippen molar-refractivity contribution in [2.45, 2.75) is 13.3 Å². The van der Waals surface area contributed by atoms with Gasteiger partial charge in [0.15, 0.2) is 0 Å². The standard InChI is InChI=1S/C18H17N5O/c1-2-13-6-8-14(9-7-13)16-11-17(22-21-16)18(24)23-20-12-15-5-3-4-10-19-15/h3-12H,2H2,1H3,(H,21,22)(H,23,24). The van der Waals surface area contributed by atoms with Gasteiger partial charge in [-0.2, -0.15) is 10.2 Å². The summed E-state index contributed by atoms with van der Waals surface area (Å²) >= 11 is 0. The van der Waals surface area contributed by atoms with E-state index in [-0.39, 0.29) is 5.91 Å². The largest absolute Gasteiger partial charge is 0.289 e. The Morgan fingerprint density at radius 1 is 1.25 bits per heavy atom. The van der Waals surface area contributed by atoms with Crippen LogP contribution in [0.4, 0.5) is 0 Å². The van der Waals surface area contributed by atoms with Crippen molar-refractivity contribution < 1.29 is 4.79 Å². The van der Waals surface area contributed by atoms with Gasteiger partial charge in [-0.3, -0.25) is 14.9 Å². The molecule has 0 atom stereocenters.